The van der Waals surface area contributed by atoms with Crippen LogP contribution in [0, 0.1) is 0 Å². The summed E-state index contributed by atoms with van der Waals surface area (Å²) in [6, 6.07) is 15.7. The van der Waals surface area contributed by atoms with Crippen molar-refractivity contribution in [3.05, 3.63) is 82.2 Å². The maximum Gasteiger partial charge on any atom is 0.337 e. The number of methoxy groups -OCH3 is 1. The summed E-state index contributed by atoms with van der Waals surface area (Å²) in [5.41, 5.74) is 4.58. The van der Waals surface area contributed by atoms with Crippen LogP contribution in [0.3, 0.4) is 0 Å². The third-order valence-corrected chi connectivity index (χ3v) is 6.48. The molecule has 0 bridgehead atoms. The zero-order valence-corrected chi connectivity index (χ0v) is 21.0. The fourth-order valence-corrected chi connectivity index (χ4v) is 5.02. The van der Waals surface area contributed by atoms with Gasteiger partial charge in [0.05, 0.1) is 25.4 Å². The SMILES string of the molecule is CCOc1ccc([C@H]2C(C(=O)OC(C)C)=C(C)NC3=C2C(=O)C[C@H](c2ccccc2)C3)cc1OC. The molecular weight excluding hydrogens is 442 g/mol. The molecule has 0 saturated heterocycles. The van der Waals surface area contributed by atoms with Crippen molar-refractivity contribution in [3.63, 3.8) is 0 Å². The largest absolute Gasteiger partial charge is 0.493 e. The highest BCUT2D eigenvalue weighted by molar-refractivity contribution is 6.04. The first-order valence-electron chi connectivity index (χ1n) is 12.1. The van der Waals surface area contributed by atoms with Crippen molar-refractivity contribution in [3.8, 4) is 11.5 Å². The maximum absolute atomic E-state index is 13.7. The number of allylic oxidation sites excluding steroid dienone is 3. The van der Waals surface area contributed by atoms with Gasteiger partial charge in [0.2, 0.25) is 0 Å². The van der Waals surface area contributed by atoms with Crippen LogP contribution >= 0.6 is 0 Å². The predicted molar refractivity (Wildman–Crippen MR) is 134 cm³/mol. The third kappa shape index (κ3) is 4.97. The first-order valence-corrected chi connectivity index (χ1v) is 12.1. The lowest BCUT2D eigenvalue weighted by Gasteiger charge is -2.37. The molecule has 6 nitrogen and oxygen atoms in total. The zero-order chi connectivity index (χ0) is 25.1. The summed E-state index contributed by atoms with van der Waals surface area (Å²) < 4.78 is 16.9. The van der Waals surface area contributed by atoms with Crippen molar-refractivity contribution in [2.24, 2.45) is 0 Å². The second-order valence-electron chi connectivity index (χ2n) is 9.23. The summed E-state index contributed by atoms with van der Waals surface area (Å²) in [6.45, 7) is 7.92. The van der Waals surface area contributed by atoms with Gasteiger partial charge in [-0.1, -0.05) is 36.4 Å². The molecule has 1 aliphatic carbocycles. The molecular formula is C29H33NO5. The standard InChI is InChI=1S/C29H33NO5/c1-6-34-24-13-12-20(16-25(24)33-5)27-26(29(32)35-17(2)3)18(4)30-22-14-21(15-23(31)28(22)27)19-10-8-7-9-11-19/h7-13,16-17,21,27,30H,6,14-15H2,1-5H3/t21-,27+/m1/s1. The van der Waals surface area contributed by atoms with E-state index in [1.165, 1.54) is 0 Å². The minimum absolute atomic E-state index is 0.0350. The van der Waals surface area contributed by atoms with Crippen LogP contribution in [-0.2, 0) is 14.3 Å². The highest BCUT2D eigenvalue weighted by atomic mass is 16.5. The van der Waals surface area contributed by atoms with Crippen LogP contribution in [0.15, 0.2) is 71.1 Å². The summed E-state index contributed by atoms with van der Waals surface area (Å²) in [7, 11) is 1.58. The number of rotatable bonds is 7. The molecule has 0 saturated carbocycles. The summed E-state index contributed by atoms with van der Waals surface area (Å²) in [5.74, 6) is 0.326. The van der Waals surface area contributed by atoms with Gasteiger partial charge in [-0.2, -0.15) is 0 Å². The normalized spacial score (nSPS) is 19.9. The molecule has 2 aromatic rings. The van der Waals surface area contributed by atoms with Gasteiger partial charge in [-0.15, -0.1) is 0 Å². The molecule has 1 aliphatic heterocycles. The molecule has 0 radical (unpaired) electrons. The van der Waals surface area contributed by atoms with Gasteiger partial charge >= 0.3 is 5.97 Å². The van der Waals surface area contributed by atoms with Crippen LogP contribution in [-0.4, -0.2) is 31.6 Å². The number of dihydropyridines is 1. The Morgan fingerprint density at radius 1 is 1.06 bits per heavy atom. The minimum atomic E-state index is -0.550. The number of ketones is 1. The molecule has 2 aliphatic rings. The number of hydrogen-bond acceptors (Lipinski definition) is 6. The van der Waals surface area contributed by atoms with Crippen molar-refractivity contribution in [2.45, 2.75) is 58.5 Å². The summed E-state index contributed by atoms with van der Waals surface area (Å²) >= 11 is 0. The molecule has 0 aromatic heterocycles. The van der Waals surface area contributed by atoms with Crippen molar-refractivity contribution < 1.29 is 23.8 Å². The fourth-order valence-electron chi connectivity index (χ4n) is 5.02. The molecule has 35 heavy (non-hydrogen) atoms. The second kappa shape index (κ2) is 10.4. The molecule has 0 unspecified atom stereocenters. The number of carbonyl (C=O) groups excluding carboxylic acids is 2. The minimum Gasteiger partial charge on any atom is -0.493 e. The summed E-state index contributed by atoms with van der Waals surface area (Å²) in [4.78, 5) is 27.0. The Morgan fingerprint density at radius 2 is 1.80 bits per heavy atom. The van der Waals surface area contributed by atoms with Crippen LogP contribution in [0.1, 0.15) is 63.5 Å². The smallest absolute Gasteiger partial charge is 0.337 e. The summed E-state index contributed by atoms with van der Waals surface area (Å²) in [5, 5.41) is 3.39. The first-order chi connectivity index (χ1) is 16.8. The Balaban J connectivity index is 1.82. The van der Waals surface area contributed by atoms with E-state index in [-0.39, 0.29) is 17.8 Å². The van der Waals surface area contributed by atoms with E-state index in [4.69, 9.17) is 14.2 Å². The van der Waals surface area contributed by atoms with E-state index < -0.39 is 11.9 Å². The van der Waals surface area contributed by atoms with E-state index in [1.807, 2.05) is 64.1 Å². The monoisotopic (exact) mass is 475 g/mol. The molecule has 184 valence electrons. The Morgan fingerprint density at radius 3 is 2.46 bits per heavy atom. The van der Waals surface area contributed by atoms with E-state index in [0.717, 1.165) is 16.8 Å². The zero-order valence-electron chi connectivity index (χ0n) is 21.0. The average molecular weight is 476 g/mol. The van der Waals surface area contributed by atoms with Gasteiger partial charge in [0.15, 0.2) is 17.3 Å². The number of carbonyl (C=O) groups is 2. The number of ether oxygens (including phenoxy) is 3. The van der Waals surface area contributed by atoms with Crippen molar-refractivity contribution in [2.75, 3.05) is 13.7 Å². The molecule has 4 rings (SSSR count). The van der Waals surface area contributed by atoms with Gasteiger partial charge in [0.25, 0.3) is 0 Å². The lowest BCUT2D eigenvalue weighted by molar-refractivity contribution is -0.143. The molecule has 0 fully saturated rings. The fraction of sp³-hybridized carbons (Fsp3) is 0.379. The van der Waals surface area contributed by atoms with Crippen molar-refractivity contribution in [1.29, 1.82) is 0 Å². The topological polar surface area (TPSA) is 73.9 Å². The maximum atomic E-state index is 13.7. The Labute approximate surface area is 207 Å². The number of hydrogen-bond donors (Lipinski definition) is 1. The van der Waals surface area contributed by atoms with Gasteiger partial charge in [-0.05, 0) is 63.3 Å². The Kier molecular flexibility index (Phi) is 7.29. The summed E-state index contributed by atoms with van der Waals surface area (Å²) in [6.07, 6.45) is 0.804. The Hall–Kier alpha value is -3.54. The van der Waals surface area contributed by atoms with Crippen LogP contribution in [0.4, 0.5) is 0 Å². The lowest BCUT2D eigenvalue weighted by Crippen LogP contribution is -2.36. The lowest BCUT2D eigenvalue weighted by atomic mass is 9.71. The highest BCUT2D eigenvalue weighted by Crippen LogP contribution is 2.47. The highest BCUT2D eigenvalue weighted by Gasteiger charge is 2.41. The van der Waals surface area contributed by atoms with E-state index in [0.29, 0.717) is 47.8 Å². The predicted octanol–water partition coefficient (Wildman–Crippen LogP) is 5.41. The number of Topliss-reactive ketones (excluding diaryl/α,β-unsaturated/α-hetero) is 1. The van der Waals surface area contributed by atoms with Gasteiger partial charge in [-0.3, -0.25) is 4.79 Å². The van der Waals surface area contributed by atoms with Crippen LogP contribution < -0.4 is 14.8 Å². The molecule has 2 aromatic carbocycles. The number of benzene rings is 2. The number of nitrogens with one attached hydrogen (secondary N) is 1. The van der Waals surface area contributed by atoms with Crippen molar-refractivity contribution >= 4 is 11.8 Å². The quantitative estimate of drug-likeness (QED) is 0.540. The third-order valence-electron chi connectivity index (χ3n) is 6.48. The average Bonchev–Trinajstić information content (AvgIpc) is 2.83. The van der Waals surface area contributed by atoms with Gasteiger partial charge in [-0.25, -0.2) is 4.79 Å². The van der Waals surface area contributed by atoms with Crippen LogP contribution in [0.25, 0.3) is 0 Å². The molecule has 1 N–H and O–H groups in total. The van der Waals surface area contributed by atoms with E-state index >= 15 is 0 Å². The van der Waals surface area contributed by atoms with Crippen LogP contribution in [0.5, 0.6) is 11.5 Å². The Bertz CT molecular complexity index is 1180. The van der Waals surface area contributed by atoms with Crippen molar-refractivity contribution in [1.82, 2.24) is 5.32 Å². The van der Waals surface area contributed by atoms with Crippen LogP contribution in [0.2, 0.25) is 0 Å². The molecule has 6 heteroatoms. The van der Waals surface area contributed by atoms with Gasteiger partial charge in [0, 0.05) is 29.3 Å². The first kappa shape index (κ1) is 24.6. The number of esters is 1. The molecule has 1 heterocycles. The molecule has 2 atom stereocenters. The van der Waals surface area contributed by atoms with Gasteiger partial charge < -0.3 is 19.5 Å². The van der Waals surface area contributed by atoms with Gasteiger partial charge in [0.1, 0.15) is 0 Å². The molecule has 0 amide bonds. The second-order valence-corrected chi connectivity index (χ2v) is 9.23. The molecule has 0 spiro atoms. The van der Waals surface area contributed by atoms with E-state index in [1.54, 1.807) is 7.11 Å². The van der Waals surface area contributed by atoms with E-state index in [2.05, 4.69) is 17.4 Å². The van der Waals surface area contributed by atoms with E-state index in [9.17, 15) is 9.59 Å².